The number of alkyl halides is 3. The van der Waals surface area contributed by atoms with Crippen molar-refractivity contribution in [2.45, 2.75) is 24.8 Å². The van der Waals surface area contributed by atoms with E-state index in [1.807, 2.05) is 0 Å². The van der Waals surface area contributed by atoms with Crippen LogP contribution >= 0.6 is 0 Å². The van der Waals surface area contributed by atoms with Crippen LogP contribution in [0.3, 0.4) is 0 Å². The summed E-state index contributed by atoms with van der Waals surface area (Å²) in [6.07, 6.45) is -4.52. The first-order valence-corrected chi connectivity index (χ1v) is 5.96. The minimum absolute atomic E-state index is 0.333. The summed E-state index contributed by atoms with van der Waals surface area (Å²) >= 11 is 0. The molecule has 1 aromatic rings. The Morgan fingerprint density at radius 3 is 2.35 bits per heavy atom. The van der Waals surface area contributed by atoms with Crippen LogP contribution in [0, 0.1) is 0 Å². The molecule has 0 fully saturated rings. The minimum Gasteiger partial charge on any atom is -0.353 e. The zero-order valence-electron chi connectivity index (χ0n) is 10.8. The lowest BCUT2D eigenvalue weighted by atomic mass is 9.92. The van der Waals surface area contributed by atoms with Crippen LogP contribution in [-0.2, 0) is 16.1 Å². The Morgan fingerprint density at radius 1 is 1.30 bits per heavy atom. The number of rotatable bonds is 7. The number of carbonyl (C=O) groups excluding carboxylic acids is 1. The fourth-order valence-corrected chi connectivity index (χ4v) is 1.76. The molecule has 0 aliphatic carbocycles. The molecule has 0 saturated carbocycles. The van der Waals surface area contributed by atoms with Gasteiger partial charge in [0.1, 0.15) is 0 Å². The Bertz CT molecular complexity index is 459. The standard InChI is InChI=1S/C14H16F3NO2/c1-2-8-13(12(19)9-18,14(15,16)17)20-10-11-6-4-3-5-7-11/h2-7H,1,8-10,18H2/t13-/m1/s1. The van der Waals surface area contributed by atoms with Gasteiger partial charge in [-0.1, -0.05) is 36.4 Å². The number of ketones is 1. The van der Waals surface area contributed by atoms with Crippen LogP contribution < -0.4 is 5.73 Å². The van der Waals surface area contributed by atoms with E-state index in [0.29, 0.717) is 5.56 Å². The molecule has 0 amide bonds. The number of halogens is 3. The lowest BCUT2D eigenvalue weighted by Crippen LogP contribution is -2.56. The molecule has 0 spiro atoms. The van der Waals surface area contributed by atoms with Gasteiger partial charge in [0.25, 0.3) is 0 Å². The summed E-state index contributed by atoms with van der Waals surface area (Å²) in [5.41, 5.74) is 2.70. The molecule has 0 bridgehead atoms. The molecule has 0 radical (unpaired) electrons. The van der Waals surface area contributed by atoms with Crippen molar-refractivity contribution in [1.82, 2.24) is 0 Å². The number of Topliss-reactive ketones (excluding diaryl/α,β-unsaturated/α-hetero) is 1. The molecule has 0 unspecified atom stereocenters. The predicted molar refractivity (Wildman–Crippen MR) is 68.9 cm³/mol. The van der Waals surface area contributed by atoms with E-state index >= 15 is 0 Å². The number of hydrogen-bond donors (Lipinski definition) is 1. The van der Waals surface area contributed by atoms with Crippen LogP contribution in [0.2, 0.25) is 0 Å². The predicted octanol–water partition coefficient (Wildman–Crippen LogP) is 2.61. The van der Waals surface area contributed by atoms with Gasteiger partial charge in [-0.25, -0.2) is 0 Å². The van der Waals surface area contributed by atoms with Gasteiger partial charge in [-0.3, -0.25) is 4.79 Å². The first kappa shape index (κ1) is 16.4. The third kappa shape index (κ3) is 3.46. The van der Waals surface area contributed by atoms with Crippen molar-refractivity contribution in [3.8, 4) is 0 Å². The fraction of sp³-hybridized carbons (Fsp3) is 0.357. The molecular weight excluding hydrogens is 271 g/mol. The van der Waals surface area contributed by atoms with Gasteiger partial charge in [0.2, 0.25) is 5.60 Å². The van der Waals surface area contributed by atoms with Crippen LogP contribution in [0.25, 0.3) is 0 Å². The molecule has 1 rings (SSSR count). The highest BCUT2D eigenvalue weighted by molar-refractivity contribution is 5.90. The van der Waals surface area contributed by atoms with Crippen molar-refractivity contribution in [2.75, 3.05) is 6.54 Å². The molecule has 110 valence electrons. The Kier molecular flexibility index (Phi) is 5.47. The fourth-order valence-electron chi connectivity index (χ4n) is 1.76. The van der Waals surface area contributed by atoms with Gasteiger partial charge in [-0.05, 0) is 5.56 Å². The van der Waals surface area contributed by atoms with Crippen molar-refractivity contribution >= 4 is 5.78 Å². The normalized spacial score (nSPS) is 14.6. The Balaban J connectivity index is 3.03. The number of benzene rings is 1. The number of hydrogen-bond acceptors (Lipinski definition) is 3. The second kappa shape index (κ2) is 6.67. The smallest absolute Gasteiger partial charge is 0.353 e. The van der Waals surface area contributed by atoms with Gasteiger partial charge in [-0.15, -0.1) is 6.58 Å². The van der Waals surface area contributed by atoms with Crippen molar-refractivity contribution in [3.05, 3.63) is 48.6 Å². The lowest BCUT2D eigenvalue weighted by Gasteiger charge is -2.33. The van der Waals surface area contributed by atoms with Gasteiger partial charge in [0, 0.05) is 6.42 Å². The zero-order valence-corrected chi connectivity index (χ0v) is 10.8. The van der Waals surface area contributed by atoms with E-state index in [1.54, 1.807) is 30.3 Å². The first-order valence-electron chi connectivity index (χ1n) is 5.96. The van der Waals surface area contributed by atoms with Gasteiger partial charge < -0.3 is 10.5 Å². The van der Waals surface area contributed by atoms with E-state index in [4.69, 9.17) is 10.5 Å². The molecular formula is C14H16F3NO2. The molecule has 6 heteroatoms. The molecule has 0 aromatic heterocycles. The van der Waals surface area contributed by atoms with Crippen molar-refractivity contribution < 1.29 is 22.7 Å². The maximum absolute atomic E-state index is 13.3. The molecule has 0 aliphatic rings. The molecule has 20 heavy (non-hydrogen) atoms. The molecule has 2 N–H and O–H groups in total. The van der Waals surface area contributed by atoms with Crippen molar-refractivity contribution in [3.63, 3.8) is 0 Å². The molecule has 1 atom stereocenters. The highest BCUT2D eigenvalue weighted by Crippen LogP contribution is 2.38. The van der Waals surface area contributed by atoms with Gasteiger partial charge in [0.15, 0.2) is 5.78 Å². The van der Waals surface area contributed by atoms with Crippen molar-refractivity contribution in [1.29, 1.82) is 0 Å². The van der Waals surface area contributed by atoms with Crippen LogP contribution in [0.1, 0.15) is 12.0 Å². The highest BCUT2D eigenvalue weighted by Gasteiger charge is 2.60. The van der Waals surface area contributed by atoms with Gasteiger partial charge >= 0.3 is 6.18 Å². The second-order valence-corrected chi connectivity index (χ2v) is 4.22. The van der Waals surface area contributed by atoms with E-state index in [0.717, 1.165) is 6.08 Å². The minimum atomic E-state index is -4.85. The molecule has 0 saturated heterocycles. The summed E-state index contributed by atoms with van der Waals surface area (Å²) < 4.78 is 44.7. The number of nitrogens with two attached hydrogens (primary N) is 1. The highest BCUT2D eigenvalue weighted by atomic mass is 19.4. The molecule has 0 aliphatic heterocycles. The summed E-state index contributed by atoms with van der Waals surface area (Å²) in [6.45, 7) is 2.18. The summed E-state index contributed by atoms with van der Waals surface area (Å²) in [5.74, 6) is -1.21. The Morgan fingerprint density at radius 2 is 1.90 bits per heavy atom. The maximum atomic E-state index is 13.3. The van der Waals surface area contributed by atoms with Crippen LogP contribution in [0.4, 0.5) is 13.2 Å². The molecule has 3 nitrogen and oxygen atoms in total. The van der Waals surface area contributed by atoms with Crippen molar-refractivity contribution in [2.24, 2.45) is 5.73 Å². The second-order valence-electron chi connectivity index (χ2n) is 4.22. The third-order valence-corrected chi connectivity index (χ3v) is 2.85. The largest absolute Gasteiger partial charge is 0.425 e. The van der Waals surface area contributed by atoms with Gasteiger partial charge in [0.05, 0.1) is 13.2 Å². The van der Waals surface area contributed by atoms with E-state index < -0.39 is 30.5 Å². The number of ether oxygens (including phenoxy) is 1. The summed E-state index contributed by atoms with van der Waals surface area (Å²) in [6, 6.07) is 8.30. The Labute approximate surface area is 115 Å². The Hall–Kier alpha value is -1.66. The summed E-state index contributed by atoms with van der Waals surface area (Å²) in [5, 5.41) is 0. The van der Waals surface area contributed by atoms with Gasteiger partial charge in [-0.2, -0.15) is 13.2 Å². The van der Waals surface area contributed by atoms with E-state index in [9.17, 15) is 18.0 Å². The topological polar surface area (TPSA) is 52.3 Å². The number of carbonyl (C=O) groups is 1. The van der Waals surface area contributed by atoms with Crippen LogP contribution in [-0.4, -0.2) is 24.1 Å². The zero-order chi connectivity index (χ0) is 15.2. The first-order chi connectivity index (χ1) is 9.37. The average Bonchev–Trinajstić information content (AvgIpc) is 2.42. The SMILES string of the molecule is C=CC[C@@](OCc1ccccc1)(C(=O)CN)C(F)(F)F. The van der Waals surface area contributed by atoms with E-state index in [1.165, 1.54) is 0 Å². The quantitative estimate of drug-likeness (QED) is 0.784. The third-order valence-electron chi connectivity index (χ3n) is 2.85. The van der Waals surface area contributed by atoms with E-state index in [-0.39, 0.29) is 6.61 Å². The average molecular weight is 287 g/mol. The van der Waals surface area contributed by atoms with E-state index in [2.05, 4.69) is 6.58 Å². The van der Waals surface area contributed by atoms with Crippen LogP contribution in [0.15, 0.2) is 43.0 Å². The molecule has 1 aromatic carbocycles. The maximum Gasteiger partial charge on any atom is 0.425 e. The summed E-state index contributed by atoms with van der Waals surface area (Å²) in [4.78, 5) is 11.7. The monoisotopic (exact) mass is 287 g/mol. The summed E-state index contributed by atoms with van der Waals surface area (Å²) in [7, 11) is 0. The van der Waals surface area contributed by atoms with Crippen LogP contribution in [0.5, 0.6) is 0 Å². The lowest BCUT2D eigenvalue weighted by molar-refractivity contribution is -0.268. The molecule has 0 heterocycles.